The molecule has 4 heterocycles. The lowest BCUT2D eigenvalue weighted by Crippen LogP contribution is -2.14. The minimum Gasteiger partial charge on any atom is -0.467 e. The van der Waals surface area contributed by atoms with E-state index in [2.05, 4.69) is 25.5 Å². The van der Waals surface area contributed by atoms with Crippen LogP contribution in [-0.4, -0.2) is 27.0 Å². The Morgan fingerprint density at radius 3 is 2.93 bits per heavy atom. The minimum atomic E-state index is -0.512. The molecule has 0 saturated carbocycles. The molecule has 0 bridgehead atoms. The maximum atomic E-state index is 6.32. The number of pyridine rings is 1. The fraction of sp³-hybridized carbons (Fsp3) is 0.105. The molecular weight excluding hydrogens is 360 g/mol. The molecule has 9 nitrogen and oxygen atoms in total. The van der Waals surface area contributed by atoms with Crippen LogP contribution in [-0.2, 0) is 0 Å². The number of furan rings is 1. The zero-order chi connectivity index (χ0) is 18.9. The number of benzene rings is 1. The number of aromatic nitrogens is 4. The van der Waals surface area contributed by atoms with Crippen molar-refractivity contribution in [3.63, 3.8) is 0 Å². The van der Waals surface area contributed by atoms with Crippen molar-refractivity contribution >= 4 is 11.6 Å². The first-order chi connectivity index (χ1) is 13.8. The number of nitrogens with two attached hydrogens (primary N) is 1. The molecule has 0 saturated heterocycles. The molecule has 0 spiro atoms. The van der Waals surface area contributed by atoms with Gasteiger partial charge in [0.15, 0.2) is 17.3 Å². The molecule has 28 heavy (non-hydrogen) atoms. The lowest BCUT2D eigenvalue weighted by Gasteiger charge is -2.11. The number of aromatic amines is 1. The van der Waals surface area contributed by atoms with Gasteiger partial charge in [0.25, 0.3) is 0 Å². The van der Waals surface area contributed by atoms with Gasteiger partial charge in [-0.2, -0.15) is 4.98 Å². The molecule has 0 fully saturated rings. The summed E-state index contributed by atoms with van der Waals surface area (Å²) >= 11 is 0. The van der Waals surface area contributed by atoms with E-state index < -0.39 is 6.04 Å². The Kier molecular flexibility index (Phi) is 3.91. The van der Waals surface area contributed by atoms with Crippen LogP contribution in [0.2, 0.25) is 0 Å². The largest absolute Gasteiger partial charge is 0.467 e. The van der Waals surface area contributed by atoms with Gasteiger partial charge in [0, 0.05) is 23.5 Å². The number of H-pyrrole nitrogens is 1. The summed E-state index contributed by atoms with van der Waals surface area (Å²) in [7, 11) is 0. The van der Waals surface area contributed by atoms with Crippen LogP contribution in [0.15, 0.2) is 59.3 Å². The molecule has 1 aliphatic heterocycles. The van der Waals surface area contributed by atoms with Gasteiger partial charge in [-0.05, 0) is 36.4 Å². The van der Waals surface area contributed by atoms with E-state index in [9.17, 15) is 0 Å². The molecule has 9 heteroatoms. The van der Waals surface area contributed by atoms with Gasteiger partial charge >= 0.3 is 0 Å². The first-order valence-electron chi connectivity index (χ1n) is 8.61. The highest BCUT2D eigenvalue weighted by atomic mass is 16.7. The second kappa shape index (κ2) is 6.71. The second-order valence-corrected chi connectivity index (χ2v) is 6.13. The standard InChI is InChI=1S/C19H16N6O3/c20-16(14-4-2-8-26-14)17-12(3-1-7-21-17)18-23-19(25-24-18)22-11-5-6-13-15(9-11)28-10-27-13/h1-9,16H,10,20H2,(H2,22,23,24,25). The number of rotatable bonds is 5. The van der Waals surface area contributed by atoms with Crippen molar-refractivity contribution in [2.24, 2.45) is 5.73 Å². The molecule has 3 aromatic heterocycles. The smallest absolute Gasteiger partial charge is 0.246 e. The van der Waals surface area contributed by atoms with Crippen LogP contribution in [0.4, 0.5) is 11.6 Å². The van der Waals surface area contributed by atoms with Crippen molar-refractivity contribution in [3.8, 4) is 22.9 Å². The average molecular weight is 376 g/mol. The minimum absolute atomic E-state index is 0.225. The molecule has 0 amide bonds. The second-order valence-electron chi connectivity index (χ2n) is 6.13. The number of ether oxygens (including phenoxy) is 2. The van der Waals surface area contributed by atoms with Crippen LogP contribution in [0.25, 0.3) is 11.4 Å². The van der Waals surface area contributed by atoms with Crippen molar-refractivity contribution < 1.29 is 13.9 Å². The average Bonchev–Trinajstić information content (AvgIpc) is 3.48. The lowest BCUT2D eigenvalue weighted by atomic mass is 10.1. The number of anilines is 2. The lowest BCUT2D eigenvalue weighted by molar-refractivity contribution is 0.174. The predicted octanol–water partition coefficient (Wildman–Crippen LogP) is 2.98. The first kappa shape index (κ1) is 16.3. The summed E-state index contributed by atoms with van der Waals surface area (Å²) in [6.45, 7) is 0.225. The van der Waals surface area contributed by atoms with Crippen molar-refractivity contribution in [1.29, 1.82) is 0 Å². The predicted molar refractivity (Wildman–Crippen MR) is 100 cm³/mol. The van der Waals surface area contributed by atoms with E-state index in [1.807, 2.05) is 36.4 Å². The maximum Gasteiger partial charge on any atom is 0.246 e. The molecule has 140 valence electrons. The van der Waals surface area contributed by atoms with Gasteiger partial charge < -0.3 is 24.9 Å². The molecule has 0 radical (unpaired) electrons. The highest BCUT2D eigenvalue weighted by Gasteiger charge is 2.20. The number of nitrogens with zero attached hydrogens (tertiary/aromatic N) is 3. The summed E-state index contributed by atoms with van der Waals surface area (Å²) < 4.78 is 16.1. The fourth-order valence-electron chi connectivity index (χ4n) is 3.01. The van der Waals surface area contributed by atoms with Gasteiger partial charge in [0.1, 0.15) is 11.8 Å². The third kappa shape index (κ3) is 2.93. The van der Waals surface area contributed by atoms with Crippen LogP contribution in [0.1, 0.15) is 17.5 Å². The Bertz CT molecular complexity index is 1110. The Hall–Kier alpha value is -3.85. The van der Waals surface area contributed by atoms with Crippen LogP contribution in [0.5, 0.6) is 11.5 Å². The SMILES string of the molecule is NC(c1ccco1)c1ncccc1-c1nc(Nc2ccc3c(c2)OCO3)n[nH]1. The van der Waals surface area contributed by atoms with Crippen LogP contribution >= 0.6 is 0 Å². The van der Waals surface area contributed by atoms with Crippen molar-refractivity contribution in [3.05, 3.63) is 66.4 Å². The topological polar surface area (TPSA) is 124 Å². The molecular formula is C19H16N6O3. The monoisotopic (exact) mass is 376 g/mol. The number of fused-ring (bicyclic) bond motifs is 1. The zero-order valence-corrected chi connectivity index (χ0v) is 14.6. The molecule has 5 rings (SSSR count). The number of hydrogen-bond acceptors (Lipinski definition) is 8. The fourth-order valence-corrected chi connectivity index (χ4v) is 3.01. The summed E-state index contributed by atoms with van der Waals surface area (Å²) in [5.74, 6) is 2.98. The van der Waals surface area contributed by atoms with Crippen molar-refractivity contribution in [2.45, 2.75) is 6.04 Å². The third-order valence-electron chi connectivity index (χ3n) is 4.35. The summed E-state index contributed by atoms with van der Waals surface area (Å²) in [6.07, 6.45) is 3.27. The number of nitrogens with one attached hydrogen (secondary N) is 2. The highest BCUT2D eigenvalue weighted by molar-refractivity contribution is 5.64. The summed E-state index contributed by atoms with van der Waals surface area (Å²) in [4.78, 5) is 8.94. The van der Waals surface area contributed by atoms with Gasteiger partial charge in [-0.1, -0.05) is 0 Å². The van der Waals surface area contributed by atoms with E-state index in [4.69, 9.17) is 19.6 Å². The summed E-state index contributed by atoms with van der Waals surface area (Å²) in [6, 6.07) is 12.3. The van der Waals surface area contributed by atoms with Crippen LogP contribution < -0.4 is 20.5 Å². The van der Waals surface area contributed by atoms with Gasteiger partial charge in [-0.3, -0.25) is 10.1 Å². The molecule has 1 aromatic carbocycles. The molecule has 4 N–H and O–H groups in total. The zero-order valence-electron chi connectivity index (χ0n) is 14.6. The van der Waals surface area contributed by atoms with Gasteiger partial charge in [0.2, 0.25) is 12.7 Å². The third-order valence-corrected chi connectivity index (χ3v) is 4.35. The quantitative estimate of drug-likeness (QED) is 0.486. The van der Waals surface area contributed by atoms with Crippen molar-refractivity contribution in [2.75, 3.05) is 12.1 Å². The molecule has 4 aromatic rings. The normalized spacial score (nSPS) is 13.5. The van der Waals surface area contributed by atoms with E-state index in [0.29, 0.717) is 34.7 Å². The first-order valence-corrected chi connectivity index (χ1v) is 8.61. The molecule has 0 aliphatic carbocycles. The summed E-state index contributed by atoms with van der Waals surface area (Å²) in [5.41, 5.74) is 8.50. The van der Waals surface area contributed by atoms with Crippen LogP contribution in [0.3, 0.4) is 0 Å². The van der Waals surface area contributed by atoms with E-state index in [0.717, 1.165) is 11.3 Å². The Balaban J connectivity index is 1.42. The number of hydrogen-bond donors (Lipinski definition) is 3. The molecule has 1 aliphatic rings. The van der Waals surface area contributed by atoms with Crippen molar-refractivity contribution in [1.82, 2.24) is 20.2 Å². The van der Waals surface area contributed by atoms with Gasteiger partial charge in [-0.15, -0.1) is 5.10 Å². The maximum absolute atomic E-state index is 6.32. The summed E-state index contributed by atoms with van der Waals surface area (Å²) in [5, 5.41) is 10.3. The molecule has 1 atom stereocenters. The van der Waals surface area contributed by atoms with E-state index in [1.54, 1.807) is 18.5 Å². The van der Waals surface area contributed by atoms with E-state index in [1.165, 1.54) is 0 Å². The Morgan fingerprint density at radius 1 is 1.11 bits per heavy atom. The molecule has 1 unspecified atom stereocenters. The van der Waals surface area contributed by atoms with Gasteiger partial charge in [0.05, 0.1) is 12.0 Å². The Morgan fingerprint density at radius 2 is 2.04 bits per heavy atom. The Labute approximate surface area is 159 Å². The van der Waals surface area contributed by atoms with E-state index >= 15 is 0 Å². The highest BCUT2D eigenvalue weighted by Crippen LogP contribution is 2.35. The van der Waals surface area contributed by atoms with Gasteiger partial charge in [-0.25, -0.2) is 0 Å². The van der Waals surface area contributed by atoms with Crippen LogP contribution in [0, 0.1) is 0 Å². The van der Waals surface area contributed by atoms with E-state index in [-0.39, 0.29) is 6.79 Å².